The molecule has 1 heterocycles. The van der Waals surface area contributed by atoms with Crippen LogP contribution in [-0.2, 0) is 6.42 Å². The third kappa shape index (κ3) is 4.97. The molecule has 1 aliphatic rings. The van der Waals surface area contributed by atoms with Crippen LogP contribution in [0.3, 0.4) is 0 Å². The SMILES string of the molecule is Cc1nc(CCNC(=O)NC2CCC(CO)CC2)sc1C. The number of aliphatic hydroxyl groups excluding tert-OH is 1. The largest absolute Gasteiger partial charge is 0.396 e. The summed E-state index contributed by atoms with van der Waals surface area (Å²) in [6.07, 6.45) is 4.70. The van der Waals surface area contributed by atoms with E-state index in [1.165, 1.54) is 4.88 Å². The van der Waals surface area contributed by atoms with Crippen LogP contribution in [0.25, 0.3) is 0 Å². The van der Waals surface area contributed by atoms with E-state index in [-0.39, 0.29) is 18.7 Å². The quantitative estimate of drug-likeness (QED) is 0.780. The standard InChI is InChI=1S/C15H25N3O2S/c1-10-11(2)21-14(17-10)7-8-16-15(20)18-13-5-3-12(9-19)4-6-13/h12-13,19H,3-9H2,1-2H3,(H2,16,18,20). The lowest BCUT2D eigenvalue weighted by molar-refractivity contribution is 0.174. The summed E-state index contributed by atoms with van der Waals surface area (Å²) in [6, 6.07) is 0.157. The Labute approximate surface area is 130 Å². The second kappa shape index (κ2) is 7.75. The Morgan fingerprint density at radius 2 is 2.05 bits per heavy atom. The number of amides is 2. The second-order valence-corrected chi connectivity index (χ2v) is 7.09. The molecule has 1 aromatic rings. The van der Waals surface area contributed by atoms with Crippen LogP contribution in [0.1, 0.15) is 41.3 Å². The number of aryl methyl sites for hydroxylation is 2. The third-order valence-corrected chi connectivity index (χ3v) is 5.27. The molecule has 1 aliphatic carbocycles. The van der Waals surface area contributed by atoms with E-state index in [0.29, 0.717) is 12.5 Å². The molecule has 0 radical (unpaired) electrons. The first-order valence-corrected chi connectivity index (χ1v) is 8.48. The van der Waals surface area contributed by atoms with Gasteiger partial charge in [-0.3, -0.25) is 0 Å². The van der Waals surface area contributed by atoms with Gasteiger partial charge in [0.1, 0.15) is 0 Å². The van der Waals surface area contributed by atoms with Gasteiger partial charge in [0.05, 0.1) is 10.7 Å². The lowest BCUT2D eigenvalue weighted by Gasteiger charge is -2.27. The van der Waals surface area contributed by atoms with E-state index < -0.39 is 0 Å². The predicted molar refractivity (Wildman–Crippen MR) is 84.7 cm³/mol. The van der Waals surface area contributed by atoms with Crippen molar-refractivity contribution in [1.82, 2.24) is 15.6 Å². The summed E-state index contributed by atoms with van der Waals surface area (Å²) in [4.78, 5) is 17.5. The number of hydrogen-bond acceptors (Lipinski definition) is 4. The summed E-state index contributed by atoms with van der Waals surface area (Å²) in [5.74, 6) is 0.419. The molecule has 0 unspecified atom stereocenters. The van der Waals surface area contributed by atoms with Gasteiger partial charge in [-0.2, -0.15) is 0 Å². The van der Waals surface area contributed by atoms with E-state index in [1.54, 1.807) is 11.3 Å². The minimum Gasteiger partial charge on any atom is -0.396 e. The first kappa shape index (κ1) is 16.2. The van der Waals surface area contributed by atoms with E-state index in [0.717, 1.165) is 42.8 Å². The number of carbonyl (C=O) groups excluding carboxylic acids is 1. The molecular weight excluding hydrogens is 286 g/mol. The molecule has 0 spiro atoms. The predicted octanol–water partition coefficient (Wildman–Crippen LogP) is 2.15. The van der Waals surface area contributed by atoms with Crippen LogP contribution in [-0.4, -0.2) is 35.3 Å². The molecule has 3 N–H and O–H groups in total. The molecular formula is C15H25N3O2S. The number of urea groups is 1. The van der Waals surface area contributed by atoms with Gasteiger partial charge in [-0.25, -0.2) is 9.78 Å². The number of aliphatic hydroxyl groups is 1. The molecule has 1 saturated carbocycles. The van der Waals surface area contributed by atoms with Crippen molar-refractivity contribution in [2.45, 2.75) is 52.0 Å². The average molecular weight is 311 g/mol. The maximum atomic E-state index is 11.8. The van der Waals surface area contributed by atoms with Crippen molar-refractivity contribution in [3.8, 4) is 0 Å². The summed E-state index contributed by atoms with van der Waals surface area (Å²) < 4.78 is 0. The van der Waals surface area contributed by atoms with Crippen molar-refractivity contribution >= 4 is 17.4 Å². The molecule has 118 valence electrons. The molecule has 0 bridgehead atoms. The van der Waals surface area contributed by atoms with Gasteiger partial charge in [0.15, 0.2) is 0 Å². The number of hydrogen-bond donors (Lipinski definition) is 3. The number of thiazole rings is 1. The summed E-state index contributed by atoms with van der Waals surface area (Å²) in [7, 11) is 0. The van der Waals surface area contributed by atoms with E-state index in [9.17, 15) is 4.79 Å². The van der Waals surface area contributed by atoms with Crippen molar-refractivity contribution in [2.24, 2.45) is 5.92 Å². The average Bonchev–Trinajstić information content (AvgIpc) is 2.78. The van der Waals surface area contributed by atoms with Crippen LogP contribution in [0.5, 0.6) is 0 Å². The Morgan fingerprint density at radius 1 is 1.33 bits per heavy atom. The van der Waals surface area contributed by atoms with Gasteiger partial charge in [-0.1, -0.05) is 0 Å². The van der Waals surface area contributed by atoms with Crippen LogP contribution in [0.4, 0.5) is 4.79 Å². The van der Waals surface area contributed by atoms with Gasteiger partial charge >= 0.3 is 6.03 Å². The van der Waals surface area contributed by atoms with Crippen molar-refractivity contribution in [3.05, 3.63) is 15.6 Å². The van der Waals surface area contributed by atoms with E-state index in [2.05, 4.69) is 22.5 Å². The third-order valence-electron chi connectivity index (χ3n) is 4.14. The molecule has 0 saturated heterocycles. The molecule has 2 amide bonds. The number of nitrogens with one attached hydrogen (secondary N) is 2. The maximum absolute atomic E-state index is 11.8. The van der Waals surface area contributed by atoms with E-state index in [4.69, 9.17) is 5.11 Å². The normalized spacial score (nSPS) is 22.0. The van der Waals surface area contributed by atoms with Crippen LogP contribution in [0.15, 0.2) is 0 Å². The Kier molecular flexibility index (Phi) is 5.99. The van der Waals surface area contributed by atoms with E-state index >= 15 is 0 Å². The van der Waals surface area contributed by atoms with Crippen molar-refractivity contribution in [2.75, 3.05) is 13.2 Å². The zero-order valence-corrected chi connectivity index (χ0v) is 13.6. The zero-order valence-electron chi connectivity index (χ0n) is 12.8. The lowest BCUT2D eigenvalue weighted by Crippen LogP contribution is -2.44. The van der Waals surface area contributed by atoms with Crippen molar-refractivity contribution < 1.29 is 9.90 Å². The molecule has 0 atom stereocenters. The minimum atomic E-state index is -0.0903. The second-order valence-electron chi connectivity index (χ2n) is 5.80. The molecule has 5 nitrogen and oxygen atoms in total. The fourth-order valence-electron chi connectivity index (χ4n) is 2.65. The van der Waals surface area contributed by atoms with Crippen LogP contribution < -0.4 is 10.6 Å². The topological polar surface area (TPSA) is 74.2 Å². The monoisotopic (exact) mass is 311 g/mol. The number of nitrogens with zero attached hydrogens (tertiary/aromatic N) is 1. The van der Waals surface area contributed by atoms with Crippen LogP contribution in [0.2, 0.25) is 0 Å². The van der Waals surface area contributed by atoms with Crippen molar-refractivity contribution in [1.29, 1.82) is 0 Å². The van der Waals surface area contributed by atoms with Gasteiger partial charge < -0.3 is 15.7 Å². The van der Waals surface area contributed by atoms with Gasteiger partial charge in [0.25, 0.3) is 0 Å². The molecule has 0 aromatic carbocycles. The first-order chi connectivity index (χ1) is 10.1. The van der Waals surface area contributed by atoms with Crippen LogP contribution >= 0.6 is 11.3 Å². The maximum Gasteiger partial charge on any atom is 0.315 e. The fraction of sp³-hybridized carbons (Fsp3) is 0.733. The van der Waals surface area contributed by atoms with Gasteiger partial charge in [-0.15, -0.1) is 11.3 Å². The molecule has 2 rings (SSSR count). The Balaban J connectivity index is 1.64. The van der Waals surface area contributed by atoms with Gasteiger partial charge in [0.2, 0.25) is 0 Å². The highest BCUT2D eigenvalue weighted by Crippen LogP contribution is 2.23. The lowest BCUT2D eigenvalue weighted by atomic mass is 9.87. The Morgan fingerprint density at radius 3 is 2.62 bits per heavy atom. The first-order valence-electron chi connectivity index (χ1n) is 7.66. The molecule has 1 aromatic heterocycles. The molecule has 6 heteroatoms. The Bertz CT molecular complexity index is 448. The Hall–Kier alpha value is -1.14. The highest BCUT2D eigenvalue weighted by molar-refractivity contribution is 7.11. The summed E-state index contributed by atoms with van der Waals surface area (Å²) in [6.45, 7) is 4.97. The smallest absolute Gasteiger partial charge is 0.315 e. The summed E-state index contributed by atoms with van der Waals surface area (Å²) >= 11 is 1.70. The number of rotatable bonds is 5. The van der Waals surface area contributed by atoms with Crippen LogP contribution in [0, 0.1) is 19.8 Å². The molecule has 1 fully saturated rings. The highest BCUT2D eigenvalue weighted by atomic mass is 32.1. The molecule has 21 heavy (non-hydrogen) atoms. The minimum absolute atomic E-state index is 0.0903. The number of carbonyl (C=O) groups is 1. The summed E-state index contributed by atoms with van der Waals surface area (Å²) in [5.41, 5.74) is 1.08. The molecule has 0 aliphatic heterocycles. The summed E-state index contributed by atoms with van der Waals surface area (Å²) in [5, 5.41) is 16.1. The zero-order chi connectivity index (χ0) is 15.2. The van der Waals surface area contributed by atoms with Gasteiger partial charge in [0, 0.05) is 30.5 Å². The highest BCUT2D eigenvalue weighted by Gasteiger charge is 2.21. The van der Waals surface area contributed by atoms with E-state index in [1.807, 2.05) is 6.92 Å². The fourth-order valence-corrected chi connectivity index (χ4v) is 3.59. The number of aromatic nitrogens is 1. The van der Waals surface area contributed by atoms with Crippen molar-refractivity contribution in [3.63, 3.8) is 0 Å². The van der Waals surface area contributed by atoms with Gasteiger partial charge in [-0.05, 0) is 45.4 Å².